The van der Waals surface area contributed by atoms with Crippen molar-refractivity contribution in [2.45, 2.75) is 18.9 Å². The van der Waals surface area contributed by atoms with Gasteiger partial charge in [0.25, 0.3) is 5.91 Å². The number of hydrogen-bond acceptors (Lipinski definition) is 5. The molecule has 1 fully saturated rings. The highest BCUT2D eigenvalue weighted by Gasteiger charge is 2.18. The summed E-state index contributed by atoms with van der Waals surface area (Å²) in [7, 11) is 0. The second-order valence-corrected chi connectivity index (χ2v) is 5.24. The van der Waals surface area contributed by atoms with Gasteiger partial charge in [0.1, 0.15) is 17.4 Å². The van der Waals surface area contributed by atoms with Crippen LogP contribution in [-0.4, -0.2) is 42.8 Å². The number of benzene rings is 1. The lowest BCUT2D eigenvalue weighted by molar-refractivity contribution is -0.139. The summed E-state index contributed by atoms with van der Waals surface area (Å²) in [5.41, 5.74) is 0.377. The van der Waals surface area contributed by atoms with Gasteiger partial charge in [0.15, 0.2) is 6.61 Å². The Morgan fingerprint density at radius 1 is 1.46 bits per heavy atom. The quantitative estimate of drug-likeness (QED) is 0.577. The Balaban J connectivity index is 2.07. The third-order valence-electron chi connectivity index (χ3n) is 3.45. The largest absolute Gasteiger partial charge is 0.481 e. The summed E-state index contributed by atoms with van der Waals surface area (Å²) < 4.78 is 10.6. The Labute approximate surface area is 139 Å². The molecule has 0 bridgehead atoms. The smallest absolute Gasteiger partial charge is 0.341 e. The minimum absolute atomic E-state index is 0.0138. The number of para-hydroxylation sites is 1. The number of carbonyl (C=O) groups excluding carboxylic acids is 1. The molecule has 0 saturated carbocycles. The van der Waals surface area contributed by atoms with Crippen LogP contribution in [-0.2, 0) is 14.3 Å². The molecule has 0 unspecified atom stereocenters. The first-order valence-electron chi connectivity index (χ1n) is 7.55. The fraction of sp³-hybridized carbons (Fsp3) is 0.353. The first-order chi connectivity index (χ1) is 11.6. The molecular formula is C17H18N2O5. The van der Waals surface area contributed by atoms with E-state index in [2.05, 4.69) is 5.32 Å². The SMILES string of the molecule is N#C/C(=C\c1ccccc1OCC(=O)O)C(=O)NC[C@@H]1CCCO1. The predicted molar refractivity (Wildman–Crippen MR) is 85.1 cm³/mol. The lowest BCUT2D eigenvalue weighted by atomic mass is 10.1. The van der Waals surface area contributed by atoms with E-state index in [1.54, 1.807) is 24.3 Å². The van der Waals surface area contributed by atoms with Gasteiger partial charge >= 0.3 is 5.97 Å². The Hall–Kier alpha value is -2.85. The molecule has 126 valence electrons. The normalized spacial score (nSPS) is 17.1. The van der Waals surface area contributed by atoms with E-state index in [-0.39, 0.29) is 11.7 Å². The van der Waals surface area contributed by atoms with Crippen molar-refractivity contribution in [1.29, 1.82) is 5.26 Å². The molecule has 1 heterocycles. The molecule has 0 radical (unpaired) electrons. The van der Waals surface area contributed by atoms with Gasteiger partial charge in [0.2, 0.25) is 0 Å². The number of ether oxygens (including phenoxy) is 2. The van der Waals surface area contributed by atoms with Crippen molar-refractivity contribution in [3.63, 3.8) is 0 Å². The Morgan fingerprint density at radius 3 is 2.92 bits per heavy atom. The monoisotopic (exact) mass is 330 g/mol. The number of carbonyl (C=O) groups is 2. The minimum atomic E-state index is -1.11. The number of nitrogens with one attached hydrogen (secondary N) is 1. The third-order valence-corrected chi connectivity index (χ3v) is 3.45. The molecule has 24 heavy (non-hydrogen) atoms. The number of rotatable bonds is 7. The van der Waals surface area contributed by atoms with Gasteiger partial charge in [-0.05, 0) is 25.0 Å². The summed E-state index contributed by atoms with van der Waals surface area (Å²) in [5.74, 6) is -1.32. The molecule has 1 aromatic carbocycles. The fourth-order valence-electron chi connectivity index (χ4n) is 2.28. The molecule has 1 saturated heterocycles. The average Bonchev–Trinajstić information content (AvgIpc) is 3.10. The zero-order valence-electron chi connectivity index (χ0n) is 13.0. The van der Waals surface area contributed by atoms with Gasteiger partial charge in [0.05, 0.1) is 6.10 Å². The van der Waals surface area contributed by atoms with Crippen LogP contribution in [0.3, 0.4) is 0 Å². The van der Waals surface area contributed by atoms with Crippen molar-refractivity contribution in [3.8, 4) is 11.8 Å². The molecule has 2 N–H and O–H groups in total. The van der Waals surface area contributed by atoms with Crippen LogP contribution in [0, 0.1) is 11.3 Å². The molecule has 0 spiro atoms. The zero-order valence-corrected chi connectivity index (χ0v) is 13.0. The van der Waals surface area contributed by atoms with Crippen LogP contribution in [0.25, 0.3) is 6.08 Å². The van der Waals surface area contributed by atoms with Crippen LogP contribution in [0.5, 0.6) is 5.75 Å². The van der Waals surface area contributed by atoms with Crippen molar-refractivity contribution in [2.24, 2.45) is 0 Å². The standard InChI is InChI=1S/C17H18N2O5/c18-9-13(17(22)19-10-14-5-3-7-23-14)8-12-4-1-2-6-15(12)24-11-16(20)21/h1-2,4,6,8,14H,3,5,7,10-11H2,(H,19,22)(H,20,21)/b13-8+/t14-/m0/s1. The third kappa shape index (κ3) is 5.11. The van der Waals surface area contributed by atoms with E-state index in [0.717, 1.165) is 12.8 Å². The summed E-state index contributed by atoms with van der Waals surface area (Å²) in [6.45, 7) is 0.544. The van der Waals surface area contributed by atoms with Gasteiger partial charge in [-0.25, -0.2) is 4.79 Å². The van der Waals surface area contributed by atoms with Gasteiger partial charge in [-0.1, -0.05) is 18.2 Å². The highest BCUT2D eigenvalue weighted by molar-refractivity contribution is 6.02. The lowest BCUT2D eigenvalue weighted by Crippen LogP contribution is -2.32. The van der Waals surface area contributed by atoms with E-state index in [1.165, 1.54) is 6.08 Å². The van der Waals surface area contributed by atoms with Gasteiger partial charge < -0.3 is 19.9 Å². The van der Waals surface area contributed by atoms with Crippen LogP contribution in [0.15, 0.2) is 29.8 Å². The molecule has 0 aliphatic carbocycles. The number of nitriles is 1. The van der Waals surface area contributed by atoms with E-state index in [0.29, 0.717) is 24.5 Å². The summed E-state index contributed by atoms with van der Waals surface area (Å²) in [5, 5.41) is 20.6. The highest BCUT2D eigenvalue weighted by Crippen LogP contribution is 2.21. The Bertz CT molecular complexity index is 672. The maximum absolute atomic E-state index is 12.1. The Morgan fingerprint density at radius 2 is 2.25 bits per heavy atom. The van der Waals surface area contributed by atoms with Crippen LogP contribution in [0.2, 0.25) is 0 Å². The van der Waals surface area contributed by atoms with Crippen molar-refractivity contribution in [3.05, 3.63) is 35.4 Å². The summed E-state index contributed by atoms with van der Waals surface area (Å²) in [4.78, 5) is 22.7. The highest BCUT2D eigenvalue weighted by atomic mass is 16.5. The number of carboxylic acid groups (broad SMARTS) is 1. The zero-order chi connectivity index (χ0) is 17.4. The van der Waals surface area contributed by atoms with Crippen molar-refractivity contribution in [1.82, 2.24) is 5.32 Å². The number of aliphatic carboxylic acids is 1. The van der Waals surface area contributed by atoms with Gasteiger partial charge in [0, 0.05) is 18.7 Å². The first-order valence-corrected chi connectivity index (χ1v) is 7.55. The van der Waals surface area contributed by atoms with Crippen molar-refractivity contribution < 1.29 is 24.2 Å². The van der Waals surface area contributed by atoms with Crippen LogP contribution in [0.4, 0.5) is 0 Å². The van der Waals surface area contributed by atoms with Gasteiger partial charge in [-0.15, -0.1) is 0 Å². The van der Waals surface area contributed by atoms with E-state index in [4.69, 9.17) is 14.6 Å². The minimum Gasteiger partial charge on any atom is -0.481 e. The maximum atomic E-state index is 12.1. The van der Waals surface area contributed by atoms with Crippen molar-refractivity contribution in [2.75, 3.05) is 19.8 Å². The number of nitrogens with zero attached hydrogens (tertiary/aromatic N) is 1. The van der Waals surface area contributed by atoms with E-state index in [1.807, 2.05) is 6.07 Å². The van der Waals surface area contributed by atoms with Crippen molar-refractivity contribution >= 4 is 18.0 Å². The molecule has 1 amide bonds. The summed E-state index contributed by atoms with van der Waals surface area (Å²) in [6.07, 6.45) is 3.22. The molecule has 1 aliphatic rings. The molecule has 7 heteroatoms. The molecule has 0 aromatic heterocycles. The average molecular weight is 330 g/mol. The molecule has 1 aromatic rings. The van der Waals surface area contributed by atoms with Crippen LogP contribution < -0.4 is 10.1 Å². The molecule has 2 rings (SSSR count). The van der Waals surface area contributed by atoms with E-state index >= 15 is 0 Å². The molecule has 7 nitrogen and oxygen atoms in total. The lowest BCUT2D eigenvalue weighted by Gasteiger charge is -2.11. The van der Waals surface area contributed by atoms with Gasteiger partial charge in [-0.2, -0.15) is 5.26 Å². The second-order valence-electron chi connectivity index (χ2n) is 5.24. The molecule has 1 aliphatic heterocycles. The predicted octanol–water partition coefficient (Wildman–Crippen LogP) is 1.35. The topological polar surface area (TPSA) is 109 Å². The number of amides is 1. The van der Waals surface area contributed by atoms with E-state index < -0.39 is 18.5 Å². The van der Waals surface area contributed by atoms with Gasteiger partial charge in [-0.3, -0.25) is 4.79 Å². The fourth-order valence-corrected chi connectivity index (χ4v) is 2.28. The van der Waals surface area contributed by atoms with Crippen LogP contribution in [0.1, 0.15) is 18.4 Å². The summed E-state index contributed by atoms with van der Waals surface area (Å²) >= 11 is 0. The molecule has 1 atom stereocenters. The number of hydrogen-bond donors (Lipinski definition) is 2. The number of carboxylic acids is 1. The van der Waals surface area contributed by atoms with Crippen LogP contribution >= 0.6 is 0 Å². The maximum Gasteiger partial charge on any atom is 0.341 e. The van der Waals surface area contributed by atoms with E-state index in [9.17, 15) is 14.9 Å². The summed E-state index contributed by atoms with van der Waals surface area (Å²) in [6, 6.07) is 8.46. The molecular weight excluding hydrogens is 312 g/mol. The second kappa shape index (κ2) is 8.70. The Kier molecular flexibility index (Phi) is 6.34. The first kappa shape index (κ1) is 17.5.